The second kappa shape index (κ2) is 25.5. The lowest BCUT2D eigenvalue weighted by Gasteiger charge is -2.13. The number of methoxy groups -OCH3 is 3. The number of aliphatic hydroxyl groups is 1. The van der Waals surface area contributed by atoms with Crippen LogP contribution in [0.4, 0.5) is 0 Å². The van der Waals surface area contributed by atoms with E-state index in [1.165, 1.54) is 128 Å². The van der Waals surface area contributed by atoms with Crippen molar-refractivity contribution in [3.8, 4) is 17.2 Å². The lowest BCUT2D eigenvalue weighted by atomic mass is 9.99. The maximum atomic E-state index is 10.4. The summed E-state index contributed by atoms with van der Waals surface area (Å²) in [5, 5.41) is 12.5. The highest BCUT2D eigenvalue weighted by Crippen LogP contribution is 2.45. The standard InChI is InChI=1S/C45H74O5/c1-6-8-10-12-13-14-15-16-17-18-19-22-25-29-36-33-34-38-40-35-41(47-3)44(49-5)39(43(40)50-45(38)42(36)48-4)32-28-24-20-23-27-31-37(46)30-26-21-11-9-7-2/h33-35,37,46H,6-32H2,1-5H3/t37-/m1/s1. The molecule has 0 fully saturated rings. The zero-order valence-corrected chi connectivity index (χ0v) is 33.0. The number of hydrogen-bond donors (Lipinski definition) is 1. The molecule has 3 rings (SSSR count). The fourth-order valence-corrected chi connectivity index (χ4v) is 7.71. The first-order chi connectivity index (χ1) is 24.6. The van der Waals surface area contributed by atoms with Crippen molar-refractivity contribution in [3.05, 3.63) is 29.3 Å². The second-order valence-electron chi connectivity index (χ2n) is 14.9. The van der Waals surface area contributed by atoms with E-state index in [1.54, 1.807) is 21.3 Å². The van der Waals surface area contributed by atoms with Crippen molar-refractivity contribution < 1.29 is 23.7 Å². The van der Waals surface area contributed by atoms with Gasteiger partial charge in [0.2, 0.25) is 0 Å². The summed E-state index contributed by atoms with van der Waals surface area (Å²) < 4.78 is 24.5. The summed E-state index contributed by atoms with van der Waals surface area (Å²) in [5.74, 6) is 2.38. The van der Waals surface area contributed by atoms with Crippen LogP contribution in [-0.4, -0.2) is 32.5 Å². The van der Waals surface area contributed by atoms with Crippen molar-refractivity contribution in [1.29, 1.82) is 0 Å². The van der Waals surface area contributed by atoms with E-state index in [2.05, 4.69) is 32.0 Å². The number of furan rings is 1. The summed E-state index contributed by atoms with van der Waals surface area (Å²) >= 11 is 0. The molecule has 1 heterocycles. The average Bonchev–Trinajstić information content (AvgIpc) is 3.50. The molecule has 0 unspecified atom stereocenters. The van der Waals surface area contributed by atoms with Gasteiger partial charge in [-0.25, -0.2) is 0 Å². The van der Waals surface area contributed by atoms with Crippen LogP contribution in [0.25, 0.3) is 21.9 Å². The summed E-state index contributed by atoms with van der Waals surface area (Å²) in [7, 11) is 5.20. The zero-order valence-electron chi connectivity index (χ0n) is 33.0. The van der Waals surface area contributed by atoms with Gasteiger partial charge in [0.15, 0.2) is 22.8 Å². The van der Waals surface area contributed by atoms with Gasteiger partial charge in [-0.15, -0.1) is 0 Å². The molecule has 0 aliphatic carbocycles. The second-order valence-corrected chi connectivity index (χ2v) is 14.9. The molecule has 0 saturated heterocycles. The Morgan fingerprint density at radius 1 is 0.520 bits per heavy atom. The molecular formula is C45H74O5. The van der Waals surface area contributed by atoms with Gasteiger partial charge in [0.05, 0.1) is 27.4 Å². The third-order valence-electron chi connectivity index (χ3n) is 10.8. The van der Waals surface area contributed by atoms with Crippen molar-refractivity contribution >= 4 is 21.9 Å². The van der Waals surface area contributed by atoms with Gasteiger partial charge in [0, 0.05) is 16.3 Å². The summed E-state index contributed by atoms with van der Waals surface area (Å²) in [6, 6.07) is 6.50. The van der Waals surface area contributed by atoms with Crippen LogP contribution < -0.4 is 14.2 Å². The van der Waals surface area contributed by atoms with Crippen molar-refractivity contribution in [1.82, 2.24) is 0 Å². The summed E-state index contributed by atoms with van der Waals surface area (Å²) in [6.45, 7) is 4.53. The molecule has 5 nitrogen and oxygen atoms in total. The third-order valence-corrected chi connectivity index (χ3v) is 10.8. The van der Waals surface area contributed by atoms with E-state index in [0.717, 1.165) is 96.1 Å². The molecule has 0 radical (unpaired) electrons. The SMILES string of the molecule is CCCCCCCCCCCCCCCc1ccc2c(oc3c(CCCCCCC[C@H](O)CCCCCCC)c(OC)c(OC)cc32)c1OC. The molecule has 0 saturated carbocycles. The van der Waals surface area contributed by atoms with Crippen LogP contribution in [0.1, 0.15) is 185 Å². The smallest absolute Gasteiger partial charge is 0.177 e. The molecule has 3 aromatic rings. The van der Waals surface area contributed by atoms with Crippen molar-refractivity contribution in [2.45, 2.75) is 193 Å². The highest BCUT2D eigenvalue weighted by atomic mass is 16.5. The number of aryl methyl sites for hydroxylation is 2. The van der Waals surface area contributed by atoms with Gasteiger partial charge in [-0.3, -0.25) is 0 Å². The van der Waals surface area contributed by atoms with Crippen LogP contribution in [0, 0.1) is 0 Å². The molecule has 0 spiro atoms. The number of hydrogen-bond acceptors (Lipinski definition) is 5. The van der Waals surface area contributed by atoms with Gasteiger partial charge in [-0.2, -0.15) is 0 Å². The molecule has 0 amide bonds. The van der Waals surface area contributed by atoms with Gasteiger partial charge in [0.1, 0.15) is 5.58 Å². The first-order valence-corrected chi connectivity index (χ1v) is 20.9. The molecule has 2 aromatic carbocycles. The van der Waals surface area contributed by atoms with E-state index >= 15 is 0 Å². The monoisotopic (exact) mass is 695 g/mol. The Morgan fingerprint density at radius 2 is 1.00 bits per heavy atom. The Hall–Kier alpha value is -2.40. The van der Waals surface area contributed by atoms with Gasteiger partial charge in [-0.1, -0.05) is 155 Å². The summed E-state index contributed by atoms with van der Waals surface area (Å²) in [4.78, 5) is 0. The Labute approximate surface area is 306 Å². The maximum Gasteiger partial charge on any atom is 0.177 e. The maximum absolute atomic E-state index is 10.4. The minimum absolute atomic E-state index is 0.133. The molecule has 0 aliphatic rings. The lowest BCUT2D eigenvalue weighted by molar-refractivity contribution is 0.147. The number of rotatable bonds is 31. The Kier molecular flexibility index (Phi) is 21.5. The highest BCUT2D eigenvalue weighted by molar-refractivity contribution is 6.09. The Balaban J connectivity index is 1.51. The van der Waals surface area contributed by atoms with Crippen molar-refractivity contribution in [2.24, 2.45) is 0 Å². The number of aliphatic hydroxyl groups excluding tert-OH is 1. The van der Waals surface area contributed by atoms with Gasteiger partial charge in [0.25, 0.3) is 0 Å². The normalized spacial score (nSPS) is 12.3. The Bertz CT molecular complexity index is 1310. The number of unbranched alkanes of at least 4 members (excludes halogenated alkanes) is 20. The molecular weight excluding hydrogens is 620 g/mol. The minimum atomic E-state index is -0.133. The highest BCUT2D eigenvalue weighted by Gasteiger charge is 2.23. The Morgan fingerprint density at radius 3 is 1.50 bits per heavy atom. The minimum Gasteiger partial charge on any atom is -0.493 e. The summed E-state index contributed by atoms with van der Waals surface area (Å²) in [5.41, 5.74) is 4.02. The van der Waals surface area contributed by atoms with E-state index in [9.17, 15) is 5.11 Å². The molecule has 50 heavy (non-hydrogen) atoms. The lowest BCUT2D eigenvalue weighted by Crippen LogP contribution is -2.05. The van der Waals surface area contributed by atoms with E-state index in [4.69, 9.17) is 18.6 Å². The average molecular weight is 695 g/mol. The van der Waals surface area contributed by atoms with Gasteiger partial charge >= 0.3 is 0 Å². The quantitative estimate of drug-likeness (QED) is 0.0679. The van der Waals surface area contributed by atoms with Crippen LogP contribution in [0.15, 0.2) is 22.6 Å². The fourth-order valence-electron chi connectivity index (χ4n) is 7.71. The van der Waals surface area contributed by atoms with Crippen LogP contribution in [-0.2, 0) is 12.8 Å². The number of ether oxygens (including phenoxy) is 3. The predicted octanol–water partition coefficient (Wildman–Crippen LogP) is 13.8. The molecule has 1 atom stereocenters. The predicted molar refractivity (Wildman–Crippen MR) is 214 cm³/mol. The topological polar surface area (TPSA) is 61.1 Å². The van der Waals surface area contributed by atoms with E-state index in [0.29, 0.717) is 0 Å². The third kappa shape index (κ3) is 14.0. The number of benzene rings is 2. The molecule has 284 valence electrons. The van der Waals surface area contributed by atoms with Gasteiger partial charge in [-0.05, 0) is 56.2 Å². The molecule has 1 N–H and O–H groups in total. The van der Waals surface area contributed by atoms with Crippen molar-refractivity contribution in [2.75, 3.05) is 21.3 Å². The van der Waals surface area contributed by atoms with Crippen LogP contribution in [0.3, 0.4) is 0 Å². The van der Waals surface area contributed by atoms with Crippen LogP contribution >= 0.6 is 0 Å². The molecule has 1 aromatic heterocycles. The molecule has 0 aliphatic heterocycles. The van der Waals surface area contributed by atoms with E-state index in [-0.39, 0.29) is 6.10 Å². The van der Waals surface area contributed by atoms with E-state index < -0.39 is 0 Å². The molecule has 5 heteroatoms. The summed E-state index contributed by atoms with van der Waals surface area (Å²) in [6.07, 6.45) is 33.3. The first-order valence-electron chi connectivity index (χ1n) is 20.9. The van der Waals surface area contributed by atoms with Gasteiger partial charge < -0.3 is 23.7 Å². The zero-order chi connectivity index (χ0) is 35.8. The van der Waals surface area contributed by atoms with Crippen LogP contribution in [0.5, 0.6) is 17.2 Å². The molecule has 0 bridgehead atoms. The first kappa shape index (κ1) is 42.0. The fraction of sp³-hybridized carbons (Fsp3) is 0.733. The van der Waals surface area contributed by atoms with E-state index in [1.807, 2.05) is 0 Å². The van der Waals surface area contributed by atoms with Crippen molar-refractivity contribution in [3.63, 3.8) is 0 Å². The van der Waals surface area contributed by atoms with Crippen LogP contribution in [0.2, 0.25) is 0 Å². The number of fused-ring (bicyclic) bond motifs is 3. The largest absolute Gasteiger partial charge is 0.493 e.